The summed E-state index contributed by atoms with van der Waals surface area (Å²) in [7, 11) is 1.50. The highest BCUT2D eigenvalue weighted by molar-refractivity contribution is 6.21. The number of rotatable bonds is 3. The van der Waals surface area contributed by atoms with E-state index in [1.807, 2.05) is 0 Å². The summed E-state index contributed by atoms with van der Waals surface area (Å²) >= 11 is 0. The summed E-state index contributed by atoms with van der Waals surface area (Å²) in [5.41, 5.74) is -1.23. The molecule has 2 bridgehead atoms. The Hall–Kier alpha value is -1.23. The minimum absolute atomic E-state index is 0.0187. The molecule has 0 amide bonds. The summed E-state index contributed by atoms with van der Waals surface area (Å²) in [6.07, 6.45) is 1.33. The van der Waals surface area contributed by atoms with Gasteiger partial charge in [-0.2, -0.15) is 0 Å². The van der Waals surface area contributed by atoms with Crippen LogP contribution in [-0.4, -0.2) is 37.4 Å². The first-order valence-electron chi connectivity index (χ1n) is 6.34. The number of ketones is 2. The summed E-state index contributed by atoms with van der Waals surface area (Å²) in [4.78, 5) is 36.5. The standard InChI is InChI=1S/C13H18O5/c1-3-18-12(16)13-6-4-5-9(17-2)10(11(13)15)8(14)7-13/h9-10H,3-7H2,1-2H3/t9-,10?,13+/m1/s1. The lowest BCUT2D eigenvalue weighted by molar-refractivity contribution is -0.160. The molecular weight excluding hydrogens is 236 g/mol. The Labute approximate surface area is 106 Å². The Morgan fingerprint density at radius 2 is 2.17 bits per heavy atom. The molecular formula is C13H18O5. The van der Waals surface area contributed by atoms with Crippen LogP contribution in [0.5, 0.6) is 0 Å². The van der Waals surface area contributed by atoms with Crippen molar-refractivity contribution in [3.05, 3.63) is 0 Å². The van der Waals surface area contributed by atoms with Crippen LogP contribution < -0.4 is 0 Å². The monoisotopic (exact) mass is 254 g/mol. The molecule has 2 rings (SSSR count). The Bertz CT molecular complexity index is 389. The highest BCUT2D eigenvalue weighted by Gasteiger charge is 2.61. The van der Waals surface area contributed by atoms with Gasteiger partial charge < -0.3 is 9.47 Å². The SMILES string of the molecule is CCOC(=O)[C@@]12CCC[C@@H](OC)C(C(=O)C1)C2=O. The number of hydrogen-bond donors (Lipinski definition) is 0. The van der Waals surface area contributed by atoms with Crippen molar-refractivity contribution in [2.24, 2.45) is 11.3 Å². The van der Waals surface area contributed by atoms with Crippen LogP contribution in [0.2, 0.25) is 0 Å². The zero-order chi connectivity index (χ0) is 13.3. The summed E-state index contributed by atoms with van der Waals surface area (Å²) in [6, 6.07) is 0. The van der Waals surface area contributed by atoms with E-state index in [-0.39, 0.29) is 30.7 Å². The number of esters is 1. The summed E-state index contributed by atoms with van der Waals surface area (Å²) in [6.45, 7) is 1.92. The minimum Gasteiger partial charge on any atom is -0.465 e. The fourth-order valence-electron chi connectivity index (χ4n) is 3.10. The Balaban J connectivity index is 2.35. The number of hydrogen-bond acceptors (Lipinski definition) is 5. The molecule has 100 valence electrons. The van der Waals surface area contributed by atoms with Gasteiger partial charge >= 0.3 is 5.97 Å². The number of methoxy groups -OCH3 is 1. The highest BCUT2D eigenvalue weighted by atomic mass is 16.5. The molecule has 2 aliphatic rings. The lowest BCUT2D eigenvalue weighted by Gasteiger charge is -2.22. The Morgan fingerprint density at radius 1 is 1.44 bits per heavy atom. The van der Waals surface area contributed by atoms with E-state index in [1.165, 1.54) is 7.11 Å². The third-order valence-electron chi connectivity index (χ3n) is 4.01. The lowest BCUT2D eigenvalue weighted by Crippen LogP contribution is -2.39. The van der Waals surface area contributed by atoms with Crippen molar-refractivity contribution in [2.75, 3.05) is 13.7 Å². The van der Waals surface area contributed by atoms with E-state index in [4.69, 9.17) is 9.47 Å². The van der Waals surface area contributed by atoms with Crippen LogP contribution in [0, 0.1) is 11.3 Å². The van der Waals surface area contributed by atoms with Crippen molar-refractivity contribution in [3.63, 3.8) is 0 Å². The van der Waals surface area contributed by atoms with Crippen LogP contribution in [0.25, 0.3) is 0 Å². The first-order chi connectivity index (χ1) is 8.56. The van der Waals surface area contributed by atoms with E-state index < -0.39 is 17.3 Å². The van der Waals surface area contributed by atoms with Crippen LogP contribution in [0.3, 0.4) is 0 Å². The molecule has 2 fully saturated rings. The van der Waals surface area contributed by atoms with Crippen LogP contribution in [0.1, 0.15) is 32.6 Å². The van der Waals surface area contributed by atoms with E-state index in [0.717, 1.165) is 0 Å². The number of Topliss-reactive ketones (excluding diaryl/α,β-unsaturated/α-hetero) is 2. The maximum absolute atomic E-state index is 12.4. The van der Waals surface area contributed by atoms with Crippen LogP contribution in [-0.2, 0) is 23.9 Å². The first-order valence-corrected chi connectivity index (χ1v) is 6.34. The average Bonchev–Trinajstić information content (AvgIpc) is 2.49. The third-order valence-corrected chi connectivity index (χ3v) is 4.01. The molecule has 0 saturated heterocycles. The molecule has 5 heteroatoms. The molecule has 0 aromatic rings. The van der Waals surface area contributed by atoms with Crippen LogP contribution >= 0.6 is 0 Å². The molecule has 5 nitrogen and oxygen atoms in total. The number of carbonyl (C=O) groups is 3. The maximum Gasteiger partial charge on any atom is 0.320 e. The number of ether oxygens (including phenoxy) is 2. The van der Waals surface area contributed by atoms with Crippen molar-refractivity contribution in [1.82, 2.24) is 0 Å². The summed E-state index contributed by atoms with van der Waals surface area (Å²) < 4.78 is 10.2. The van der Waals surface area contributed by atoms with Crippen molar-refractivity contribution < 1.29 is 23.9 Å². The molecule has 0 spiro atoms. The van der Waals surface area contributed by atoms with Crippen molar-refractivity contribution >= 4 is 17.5 Å². The molecule has 1 unspecified atom stereocenters. The number of carbonyl (C=O) groups excluding carboxylic acids is 3. The highest BCUT2D eigenvalue weighted by Crippen LogP contribution is 2.46. The molecule has 2 saturated carbocycles. The lowest BCUT2D eigenvalue weighted by atomic mass is 9.81. The maximum atomic E-state index is 12.4. The zero-order valence-electron chi connectivity index (χ0n) is 10.7. The molecule has 0 aromatic heterocycles. The van der Waals surface area contributed by atoms with Crippen LogP contribution in [0.4, 0.5) is 0 Å². The minimum atomic E-state index is -1.23. The smallest absolute Gasteiger partial charge is 0.320 e. The van der Waals surface area contributed by atoms with E-state index in [9.17, 15) is 14.4 Å². The van der Waals surface area contributed by atoms with Crippen molar-refractivity contribution in [2.45, 2.75) is 38.7 Å². The van der Waals surface area contributed by atoms with Gasteiger partial charge in [0.1, 0.15) is 17.1 Å². The van der Waals surface area contributed by atoms with E-state index in [2.05, 4.69) is 0 Å². The Kier molecular flexibility index (Phi) is 3.52. The molecule has 0 N–H and O–H groups in total. The van der Waals surface area contributed by atoms with Gasteiger partial charge in [-0.25, -0.2) is 0 Å². The second-order valence-electron chi connectivity index (χ2n) is 4.95. The van der Waals surface area contributed by atoms with Gasteiger partial charge in [0.05, 0.1) is 12.7 Å². The second-order valence-corrected chi connectivity index (χ2v) is 4.95. The van der Waals surface area contributed by atoms with E-state index in [0.29, 0.717) is 19.3 Å². The number of fused-ring (bicyclic) bond motifs is 2. The Morgan fingerprint density at radius 3 is 2.78 bits per heavy atom. The molecule has 0 aromatic carbocycles. The quantitative estimate of drug-likeness (QED) is 0.552. The van der Waals surface area contributed by atoms with Gasteiger partial charge in [0.25, 0.3) is 0 Å². The average molecular weight is 254 g/mol. The van der Waals surface area contributed by atoms with E-state index >= 15 is 0 Å². The summed E-state index contributed by atoms with van der Waals surface area (Å²) in [5.74, 6) is -1.79. The molecule has 3 atom stereocenters. The zero-order valence-corrected chi connectivity index (χ0v) is 10.7. The normalized spacial score (nSPS) is 35.4. The molecule has 0 heterocycles. The molecule has 18 heavy (non-hydrogen) atoms. The van der Waals surface area contributed by atoms with Gasteiger partial charge in [-0.3, -0.25) is 14.4 Å². The molecule has 2 aliphatic carbocycles. The van der Waals surface area contributed by atoms with Gasteiger partial charge in [0.2, 0.25) is 0 Å². The molecule has 0 aliphatic heterocycles. The van der Waals surface area contributed by atoms with Gasteiger partial charge in [-0.1, -0.05) is 0 Å². The van der Waals surface area contributed by atoms with Crippen LogP contribution in [0.15, 0.2) is 0 Å². The van der Waals surface area contributed by atoms with Gasteiger partial charge in [0, 0.05) is 13.5 Å². The van der Waals surface area contributed by atoms with E-state index in [1.54, 1.807) is 6.92 Å². The third kappa shape index (κ3) is 1.77. The predicted molar refractivity (Wildman–Crippen MR) is 61.8 cm³/mol. The first kappa shape index (κ1) is 13.2. The van der Waals surface area contributed by atoms with Crippen molar-refractivity contribution in [3.8, 4) is 0 Å². The topological polar surface area (TPSA) is 69.7 Å². The molecule has 0 radical (unpaired) electrons. The van der Waals surface area contributed by atoms with Gasteiger partial charge in [-0.15, -0.1) is 0 Å². The fraction of sp³-hybridized carbons (Fsp3) is 0.769. The second kappa shape index (κ2) is 4.80. The summed E-state index contributed by atoms with van der Waals surface area (Å²) in [5, 5.41) is 0. The van der Waals surface area contributed by atoms with Gasteiger partial charge in [-0.05, 0) is 26.2 Å². The van der Waals surface area contributed by atoms with Crippen molar-refractivity contribution in [1.29, 1.82) is 0 Å². The largest absolute Gasteiger partial charge is 0.465 e. The predicted octanol–water partition coefficient (Wildman–Crippen LogP) is 0.893. The van der Waals surface area contributed by atoms with Gasteiger partial charge in [0.15, 0.2) is 5.78 Å². The fourth-order valence-corrected chi connectivity index (χ4v) is 3.10.